The summed E-state index contributed by atoms with van der Waals surface area (Å²) in [6.45, 7) is 4.19. The first-order valence-corrected chi connectivity index (χ1v) is 11.5. The monoisotopic (exact) mass is 439 g/mol. The van der Waals surface area contributed by atoms with Crippen LogP contribution >= 0.6 is 0 Å². The maximum atomic E-state index is 13.5. The van der Waals surface area contributed by atoms with Gasteiger partial charge in [0.2, 0.25) is 10.0 Å². The molecular weight excluding hydrogens is 414 g/mol. The summed E-state index contributed by atoms with van der Waals surface area (Å²) < 4.78 is 33.9. The van der Waals surface area contributed by atoms with E-state index in [0.717, 1.165) is 17.7 Å². The zero-order valence-corrected chi connectivity index (χ0v) is 18.6. The molecule has 0 bridgehead atoms. The first-order valence-electron chi connectivity index (χ1n) is 10.1. The molecule has 0 amide bonds. The number of aromatic nitrogens is 3. The van der Waals surface area contributed by atoms with Gasteiger partial charge in [0, 0.05) is 12.2 Å². The maximum absolute atomic E-state index is 13.5. The van der Waals surface area contributed by atoms with Gasteiger partial charge in [-0.05, 0) is 56.5 Å². The number of rotatable bonds is 6. The predicted octanol–water partition coefficient (Wildman–Crippen LogP) is 3.77. The summed E-state index contributed by atoms with van der Waals surface area (Å²) in [7, 11) is -2.29. The zero-order valence-electron chi connectivity index (χ0n) is 17.7. The van der Waals surface area contributed by atoms with Gasteiger partial charge in [-0.25, -0.2) is 18.4 Å². The maximum Gasteiger partial charge on any atom is 0.247 e. The summed E-state index contributed by atoms with van der Waals surface area (Å²) in [5.41, 5.74) is 2.34. The minimum absolute atomic E-state index is 0.174. The molecule has 1 atom stereocenters. The topological polar surface area (TPSA) is 97.3 Å². The van der Waals surface area contributed by atoms with Gasteiger partial charge in [0.05, 0.1) is 31.2 Å². The number of hydrogen-bond acceptors (Lipinski definition) is 7. The Morgan fingerprint density at radius 2 is 1.94 bits per heavy atom. The summed E-state index contributed by atoms with van der Waals surface area (Å²) >= 11 is 0. The van der Waals surface area contributed by atoms with E-state index in [4.69, 9.17) is 4.74 Å². The Hall–Kier alpha value is -3.04. The van der Waals surface area contributed by atoms with Crippen molar-refractivity contribution in [3.05, 3.63) is 65.7 Å². The van der Waals surface area contributed by atoms with Gasteiger partial charge in [0.25, 0.3) is 0 Å². The van der Waals surface area contributed by atoms with Crippen molar-refractivity contribution in [3.63, 3.8) is 0 Å². The highest BCUT2D eigenvalue weighted by Crippen LogP contribution is 2.38. The number of pyridine rings is 1. The smallest absolute Gasteiger partial charge is 0.247 e. The molecule has 0 spiro atoms. The van der Waals surface area contributed by atoms with Crippen LogP contribution in [0.2, 0.25) is 0 Å². The second kappa shape index (κ2) is 8.60. The number of hydrogen-bond donors (Lipinski definition) is 1. The molecule has 3 aromatic rings. The van der Waals surface area contributed by atoms with Gasteiger partial charge in [0.1, 0.15) is 22.3 Å². The molecule has 9 heteroatoms. The average molecular weight is 440 g/mol. The van der Waals surface area contributed by atoms with Crippen LogP contribution in [0.4, 0.5) is 11.6 Å². The fraction of sp³-hybridized carbons (Fsp3) is 0.318. The van der Waals surface area contributed by atoms with Crippen LogP contribution < -0.4 is 10.1 Å². The van der Waals surface area contributed by atoms with Crippen LogP contribution in [0.3, 0.4) is 0 Å². The number of nitrogens with one attached hydrogen (secondary N) is 1. The Balaban J connectivity index is 1.65. The molecule has 162 valence electrons. The first kappa shape index (κ1) is 21.2. The molecule has 0 radical (unpaired) electrons. The molecule has 0 aliphatic carbocycles. The van der Waals surface area contributed by atoms with Gasteiger partial charge in [-0.15, -0.1) is 0 Å². The van der Waals surface area contributed by atoms with Gasteiger partial charge >= 0.3 is 0 Å². The van der Waals surface area contributed by atoms with Crippen molar-refractivity contribution in [2.75, 3.05) is 19.0 Å². The van der Waals surface area contributed by atoms with Crippen LogP contribution in [0, 0.1) is 13.8 Å². The molecule has 0 unspecified atom stereocenters. The van der Waals surface area contributed by atoms with Gasteiger partial charge in [-0.2, -0.15) is 4.31 Å². The van der Waals surface area contributed by atoms with E-state index >= 15 is 0 Å². The highest BCUT2D eigenvalue weighted by atomic mass is 32.2. The van der Waals surface area contributed by atoms with E-state index in [1.54, 1.807) is 24.5 Å². The van der Waals surface area contributed by atoms with Crippen LogP contribution in [0.5, 0.6) is 5.75 Å². The van der Waals surface area contributed by atoms with E-state index in [1.807, 2.05) is 38.1 Å². The van der Waals surface area contributed by atoms with Crippen LogP contribution in [0.1, 0.15) is 35.8 Å². The molecule has 4 rings (SSSR count). The summed E-state index contributed by atoms with van der Waals surface area (Å²) in [6, 6.07) is 10.4. The molecular formula is C22H25N5O3S. The van der Waals surface area contributed by atoms with E-state index in [9.17, 15) is 8.42 Å². The van der Waals surface area contributed by atoms with Crippen molar-refractivity contribution in [1.29, 1.82) is 0 Å². The van der Waals surface area contributed by atoms with Gasteiger partial charge in [0.15, 0.2) is 0 Å². The van der Waals surface area contributed by atoms with E-state index in [2.05, 4.69) is 20.3 Å². The molecule has 1 fully saturated rings. The highest BCUT2D eigenvalue weighted by Gasteiger charge is 2.38. The molecule has 3 heterocycles. The minimum atomic E-state index is -3.77. The lowest BCUT2D eigenvalue weighted by atomic mass is 10.2. The largest absolute Gasteiger partial charge is 0.495 e. The number of methoxy groups -OCH3 is 1. The lowest BCUT2D eigenvalue weighted by molar-refractivity contribution is 0.377. The Labute approximate surface area is 182 Å². The molecule has 1 aliphatic rings. The summed E-state index contributed by atoms with van der Waals surface area (Å²) in [6.07, 6.45) is 4.65. The molecule has 8 nitrogen and oxygen atoms in total. The van der Waals surface area contributed by atoms with Gasteiger partial charge in [-0.1, -0.05) is 12.1 Å². The third-order valence-corrected chi connectivity index (χ3v) is 7.18. The number of nitrogens with zero attached hydrogens (tertiary/aromatic N) is 4. The number of benzene rings is 1. The van der Waals surface area contributed by atoms with Crippen molar-refractivity contribution >= 4 is 21.7 Å². The van der Waals surface area contributed by atoms with Crippen molar-refractivity contribution in [2.24, 2.45) is 0 Å². The molecule has 1 aliphatic heterocycles. The summed E-state index contributed by atoms with van der Waals surface area (Å²) in [4.78, 5) is 13.5. The Bertz CT molecular complexity index is 1200. The van der Waals surface area contributed by atoms with Gasteiger partial charge in [-0.3, -0.25) is 4.98 Å². The number of sulfonamides is 1. The van der Waals surface area contributed by atoms with Crippen molar-refractivity contribution in [2.45, 2.75) is 37.6 Å². The molecule has 0 saturated carbocycles. The van der Waals surface area contributed by atoms with Crippen molar-refractivity contribution in [1.82, 2.24) is 19.3 Å². The van der Waals surface area contributed by atoms with Crippen LogP contribution in [-0.4, -0.2) is 41.3 Å². The fourth-order valence-corrected chi connectivity index (χ4v) is 5.69. The number of anilines is 2. The van der Waals surface area contributed by atoms with E-state index in [-0.39, 0.29) is 4.90 Å². The zero-order chi connectivity index (χ0) is 22.0. The number of ether oxygens (including phenoxy) is 1. The number of aryl methyl sites for hydroxylation is 2. The third kappa shape index (κ3) is 4.38. The minimum Gasteiger partial charge on any atom is -0.495 e. The van der Waals surface area contributed by atoms with Crippen LogP contribution in [0.15, 0.2) is 53.7 Å². The molecule has 2 aromatic heterocycles. The quantitative estimate of drug-likeness (QED) is 0.624. The molecule has 1 saturated heterocycles. The Morgan fingerprint density at radius 3 is 2.71 bits per heavy atom. The van der Waals surface area contributed by atoms with Crippen molar-refractivity contribution < 1.29 is 13.2 Å². The second-order valence-electron chi connectivity index (χ2n) is 7.55. The van der Waals surface area contributed by atoms with E-state index in [0.29, 0.717) is 36.0 Å². The SMILES string of the molecule is COc1ccc(C)cc1S(=O)(=O)N1CCC[C@@H]1c1cncc(Nc2cccc(C)n2)n1. The Morgan fingerprint density at radius 1 is 1.10 bits per heavy atom. The fourth-order valence-electron chi connectivity index (χ4n) is 3.78. The second-order valence-corrected chi connectivity index (χ2v) is 9.41. The predicted molar refractivity (Wildman–Crippen MR) is 118 cm³/mol. The molecule has 31 heavy (non-hydrogen) atoms. The van der Waals surface area contributed by atoms with Crippen molar-refractivity contribution in [3.8, 4) is 5.75 Å². The lowest BCUT2D eigenvalue weighted by Crippen LogP contribution is -2.31. The van der Waals surface area contributed by atoms with Crippen LogP contribution in [0.25, 0.3) is 0 Å². The summed E-state index contributed by atoms with van der Waals surface area (Å²) in [5, 5.41) is 3.15. The lowest BCUT2D eigenvalue weighted by Gasteiger charge is -2.25. The summed E-state index contributed by atoms with van der Waals surface area (Å²) in [5.74, 6) is 1.52. The average Bonchev–Trinajstić information content (AvgIpc) is 3.25. The van der Waals surface area contributed by atoms with E-state index < -0.39 is 16.1 Å². The third-order valence-electron chi connectivity index (χ3n) is 5.25. The highest BCUT2D eigenvalue weighted by molar-refractivity contribution is 7.89. The standard InChI is InChI=1S/C22H25N5O3S/c1-15-9-10-19(30-3)20(12-15)31(28,29)27-11-5-7-18(27)17-13-23-14-22(25-17)26-21-8-4-6-16(2)24-21/h4,6,8-10,12-14,18H,5,7,11H2,1-3H3,(H,24,25,26)/t18-/m1/s1. The Kier molecular flexibility index (Phi) is 5.88. The normalized spacial score (nSPS) is 16.9. The van der Waals surface area contributed by atoms with Gasteiger partial charge < -0.3 is 10.1 Å². The van der Waals surface area contributed by atoms with Crippen LogP contribution in [-0.2, 0) is 10.0 Å². The van der Waals surface area contributed by atoms with E-state index in [1.165, 1.54) is 11.4 Å². The first-order chi connectivity index (χ1) is 14.9. The molecule has 1 aromatic carbocycles. The molecule has 1 N–H and O–H groups in total.